The summed E-state index contributed by atoms with van der Waals surface area (Å²) < 4.78 is 15.1. The summed E-state index contributed by atoms with van der Waals surface area (Å²) in [6.45, 7) is 0. The van der Waals surface area contributed by atoms with E-state index in [2.05, 4.69) is 15.4 Å². The standard InChI is InChI=1S/C21H22N2O6/c1-27-15-7-8-16(17(12-15)28-2)23-20(26)21(9-10-21)19(25)22-14-6-4-5-13(11-14)18(24)29-3/h4-8,11-12H,9-10H2,1-3H3,(H,22,25)(H,23,26). The third kappa shape index (κ3) is 4.16. The number of esters is 1. The maximum atomic E-state index is 12.8. The Balaban J connectivity index is 1.73. The number of benzene rings is 2. The maximum absolute atomic E-state index is 12.8. The minimum absolute atomic E-state index is 0.308. The van der Waals surface area contributed by atoms with E-state index < -0.39 is 23.2 Å². The summed E-state index contributed by atoms with van der Waals surface area (Å²) in [7, 11) is 4.30. The molecule has 1 aliphatic rings. The van der Waals surface area contributed by atoms with Crippen molar-refractivity contribution in [2.24, 2.45) is 5.41 Å². The summed E-state index contributed by atoms with van der Waals surface area (Å²) in [5, 5.41) is 5.49. The van der Waals surface area contributed by atoms with Crippen LogP contribution < -0.4 is 20.1 Å². The smallest absolute Gasteiger partial charge is 0.337 e. The molecule has 2 N–H and O–H groups in total. The minimum atomic E-state index is -1.16. The van der Waals surface area contributed by atoms with Gasteiger partial charge in [-0.3, -0.25) is 9.59 Å². The summed E-state index contributed by atoms with van der Waals surface area (Å²) in [5.74, 6) is -0.331. The van der Waals surface area contributed by atoms with Crippen molar-refractivity contribution in [2.75, 3.05) is 32.0 Å². The molecule has 152 valence electrons. The average Bonchev–Trinajstić information content (AvgIpc) is 3.56. The van der Waals surface area contributed by atoms with Crippen LogP contribution in [0.15, 0.2) is 42.5 Å². The quantitative estimate of drug-likeness (QED) is 0.549. The lowest BCUT2D eigenvalue weighted by Crippen LogP contribution is -2.35. The van der Waals surface area contributed by atoms with E-state index in [9.17, 15) is 14.4 Å². The van der Waals surface area contributed by atoms with Gasteiger partial charge in [0.2, 0.25) is 11.8 Å². The van der Waals surface area contributed by atoms with E-state index in [1.807, 2.05) is 0 Å². The number of methoxy groups -OCH3 is 3. The summed E-state index contributed by atoms with van der Waals surface area (Å²) in [6.07, 6.45) is 0.861. The molecule has 0 aliphatic heterocycles. The average molecular weight is 398 g/mol. The molecule has 8 nitrogen and oxygen atoms in total. The summed E-state index contributed by atoms with van der Waals surface area (Å²) in [5.41, 5.74) is 0.0123. The molecule has 0 saturated heterocycles. The van der Waals surface area contributed by atoms with Crippen molar-refractivity contribution in [3.63, 3.8) is 0 Å². The highest BCUT2D eigenvalue weighted by Crippen LogP contribution is 2.48. The molecule has 29 heavy (non-hydrogen) atoms. The van der Waals surface area contributed by atoms with Crippen molar-refractivity contribution in [1.82, 2.24) is 0 Å². The third-order valence-electron chi connectivity index (χ3n) is 4.82. The zero-order valence-electron chi connectivity index (χ0n) is 16.4. The summed E-state index contributed by atoms with van der Waals surface area (Å²) in [4.78, 5) is 37.3. The van der Waals surface area contributed by atoms with Crippen LogP contribution in [-0.2, 0) is 14.3 Å². The number of rotatable bonds is 7. The number of carbonyl (C=O) groups excluding carboxylic acids is 3. The lowest BCUT2D eigenvalue weighted by Gasteiger charge is -2.17. The Labute approximate surface area is 168 Å². The van der Waals surface area contributed by atoms with Crippen LogP contribution in [0.1, 0.15) is 23.2 Å². The summed E-state index contributed by atoms with van der Waals surface area (Å²) >= 11 is 0. The monoisotopic (exact) mass is 398 g/mol. The van der Waals surface area contributed by atoms with Gasteiger partial charge in [0.05, 0.1) is 32.6 Å². The first-order valence-electron chi connectivity index (χ1n) is 8.97. The lowest BCUT2D eigenvalue weighted by atomic mass is 10.0. The van der Waals surface area contributed by atoms with Gasteiger partial charge in [-0.05, 0) is 43.2 Å². The molecule has 2 aromatic rings. The Hall–Kier alpha value is -3.55. The van der Waals surface area contributed by atoms with Gasteiger partial charge >= 0.3 is 5.97 Å². The number of carbonyl (C=O) groups is 3. The van der Waals surface area contributed by atoms with Crippen molar-refractivity contribution in [3.05, 3.63) is 48.0 Å². The Morgan fingerprint density at radius 1 is 0.897 bits per heavy atom. The molecule has 0 heterocycles. The molecule has 1 aliphatic carbocycles. The molecule has 1 fully saturated rings. The van der Waals surface area contributed by atoms with Gasteiger partial charge in [0.25, 0.3) is 0 Å². The van der Waals surface area contributed by atoms with Gasteiger partial charge in [0, 0.05) is 11.8 Å². The zero-order valence-corrected chi connectivity index (χ0v) is 16.4. The normalized spacial score (nSPS) is 13.8. The van der Waals surface area contributed by atoms with Crippen molar-refractivity contribution in [2.45, 2.75) is 12.8 Å². The van der Waals surface area contributed by atoms with Gasteiger partial charge < -0.3 is 24.8 Å². The van der Waals surface area contributed by atoms with Crippen molar-refractivity contribution < 1.29 is 28.6 Å². The first-order chi connectivity index (χ1) is 13.9. The Morgan fingerprint density at radius 3 is 2.24 bits per heavy atom. The van der Waals surface area contributed by atoms with E-state index in [0.29, 0.717) is 41.3 Å². The number of hydrogen-bond donors (Lipinski definition) is 2. The second-order valence-electron chi connectivity index (χ2n) is 6.63. The predicted octanol–water partition coefficient (Wildman–Crippen LogP) is 2.85. The number of ether oxygens (including phenoxy) is 3. The summed E-state index contributed by atoms with van der Waals surface area (Å²) in [6, 6.07) is 11.4. The molecule has 0 atom stereocenters. The molecular weight excluding hydrogens is 376 g/mol. The maximum Gasteiger partial charge on any atom is 0.337 e. The first kappa shape index (κ1) is 20.2. The number of anilines is 2. The highest BCUT2D eigenvalue weighted by atomic mass is 16.5. The molecule has 0 unspecified atom stereocenters. The van der Waals surface area contributed by atoms with Crippen molar-refractivity contribution in [3.8, 4) is 11.5 Å². The first-order valence-corrected chi connectivity index (χ1v) is 8.97. The van der Waals surface area contributed by atoms with Crippen LogP contribution in [0.4, 0.5) is 11.4 Å². The van der Waals surface area contributed by atoms with Gasteiger partial charge in [-0.2, -0.15) is 0 Å². The molecular formula is C21H22N2O6. The number of amides is 2. The number of hydrogen-bond acceptors (Lipinski definition) is 6. The molecule has 0 aromatic heterocycles. The third-order valence-corrected chi connectivity index (χ3v) is 4.82. The fourth-order valence-electron chi connectivity index (χ4n) is 2.92. The lowest BCUT2D eigenvalue weighted by molar-refractivity contribution is -0.131. The number of nitrogens with one attached hydrogen (secondary N) is 2. The fourth-order valence-corrected chi connectivity index (χ4v) is 2.92. The van der Waals surface area contributed by atoms with E-state index in [1.54, 1.807) is 36.4 Å². The largest absolute Gasteiger partial charge is 0.497 e. The molecule has 2 amide bonds. The fraction of sp³-hybridized carbons (Fsp3) is 0.286. The van der Waals surface area contributed by atoms with Crippen LogP contribution >= 0.6 is 0 Å². The second-order valence-corrected chi connectivity index (χ2v) is 6.63. The van der Waals surface area contributed by atoms with E-state index in [1.165, 1.54) is 27.4 Å². The molecule has 0 bridgehead atoms. The molecule has 2 aromatic carbocycles. The van der Waals surface area contributed by atoms with Crippen LogP contribution in [0.25, 0.3) is 0 Å². The van der Waals surface area contributed by atoms with Gasteiger partial charge in [0.15, 0.2) is 0 Å². The van der Waals surface area contributed by atoms with Crippen LogP contribution in [0.2, 0.25) is 0 Å². The molecule has 8 heteroatoms. The van der Waals surface area contributed by atoms with Gasteiger partial charge in [-0.15, -0.1) is 0 Å². The van der Waals surface area contributed by atoms with Crippen molar-refractivity contribution in [1.29, 1.82) is 0 Å². The molecule has 3 rings (SSSR count). The van der Waals surface area contributed by atoms with E-state index in [4.69, 9.17) is 9.47 Å². The van der Waals surface area contributed by atoms with Crippen molar-refractivity contribution >= 4 is 29.2 Å². The molecule has 0 radical (unpaired) electrons. The van der Waals surface area contributed by atoms with Crippen LogP contribution in [0, 0.1) is 5.41 Å². The molecule has 0 spiro atoms. The zero-order chi connectivity index (χ0) is 21.0. The minimum Gasteiger partial charge on any atom is -0.497 e. The van der Waals surface area contributed by atoms with Crippen LogP contribution in [0.5, 0.6) is 11.5 Å². The van der Waals surface area contributed by atoms with Crippen LogP contribution in [0.3, 0.4) is 0 Å². The highest BCUT2D eigenvalue weighted by Gasteiger charge is 2.56. The Morgan fingerprint density at radius 2 is 1.62 bits per heavy atom. The van der Waals surface area contributed by atoms with Gasteiger partial charge in [0.1, 0.15) is 16.9 Å². The SMILES string of the molecule is COC(=O)c1cccc(NC(=O)C2(C(=O)Nc3ccc(OC)cc3OC)CC2)c1. The van der Waals surface area contributed by atoms with Crippen LogP contribution in [-0.4, -0.2) is 39.1 Å². The Kier molecular flexibility index (Phi) is 5.72. The Bertz CT molecular complexity index is 952. The van der Waals surface area contributed by atoms with E-state index in [0.717, 1.165) is 0 Å². The highest BCUT2D eigenvalue weighted by molar-refractivity contribution is 6.17. The molecule has 1 saturated carbocycles. The van der Waals surface area contributed by atoms with E-state index >= 15 is 0 Å². The van der Waals surface area contributed by atoms with Gasteiger partial charge in [-0.25, -0.2) is 4.79 Å². The van der Waals surface area contributed by atoms with Gasteiger partial charge in [-0.1, -0.05) is 6.07 Å². The topological polar surface area (TPSA) is 103 Å². The predicted molar refractivity (Wildman–Crippen MR) is 106 cm³/mol. The second kappa shape index (κ2) is 8.22. The van der Waals surface area contributed by atoms with E-state index in [-0.39, 0.29) is 0 Å².